The highest BCUT2D eigenvalue weighted by atomic mass is 15.1. The van der Waals surface area contributed by atoms with Crippen molar-refractivity contribution < 1.29 is 0 Å². The van der Waals surface area contributed by atoms with E-state index in [9.17, 15) is 0 Å². The summed E-state index contributed by atoms with van der Waals surface area (Å²) in [6.45, 7) is 0.936. The normalized spacial score (nSPS) is 13.8. The Morgan fingerprint density at radius 3 is 1.26 bits per heavy atom. The van der Waals surface area contributed by atoms with Crippen LogP contribution >= 0.6 is 0 Å². The molecule has 4 nitrogen and oxygen atoms in total. The molecule has 0 bridgehead atoms. The van der Waals surface area contributed by atoms with Crippen LogP contribution in [0.25, 0.3) is 118 Å². The van der Waals surface area contributed by atoms with Crippen LogP contribution in [0.4, 0.5) is 28.4 Å². The van der Waals surface area contributed by atoms with E-state index >= 15 is 0 Å². The van der Waals surface area contributed by atoms with Gasteiger partial charge in [-0.05, 0) is 205 Å². The minimum Gasteiger partial charge on any atom is -0.383 e. The van der Waals surface area contributed by atoms with Gasteiger partial charge in [-0.1, -0.05) is 309 Å². The third-order valence-corrected chi connectivity index (χ3v) is 22.6. The van der Waals surface area contributed by atoms with Gasteiger partial charge < -0.3 is 19.2 Å². The minimum absolute atomic E-state index is 0.228. The number of anilines is 5. The molecule has 0 atom stereocenters. The molecule has 0 N–H and O–H groups in total. The van der Waals surface area contributed by atoms with Crippen molar-refractivity contribution in [3.63, 3.8) is 0 Å². The largest absolute Gasteiger partial charge is 0.383 e. The van der Waals surface area contributed by atoms with Crippen LogP contribution in [0.5, 0.6) is 0 Å². The molecular formula is C96H64B4N4. The SMILES string of the molecule is C1=CN2B(c3ccccc31)c1cc3ccccc3cc1-c1ccccc12.C1=CN2B(c3ccccc31)c1ccccc1-c1c2ccc2ccccc12.C1=Cc2ccccc2N2B1c1cc3ccccc3cc1-c1ccccc12.C1=c2ccccc2=CN2B1c1cc3ccccc3cc1-c1ccccc12. The zero-order valence-electron chi connectivity index (χ0n) is 57.0. The summed E-state index contributed by atoms with van der Waals surface area (Å²) in [4.78, 5) is 9.78. The summed E-state index contributed by atoms with van der Waals surface area (Å²) >= 11 is 0. The molecule has 8 aliphatic heterocycles. The molecule has 0 fully saturated rings. The Labute approximate surface area is 607 Å². The molecule has 104 heavy (non-hydrogen) atoms. The van der Waals surface area contributed by atoms with Crippen LogP contribution in [0.15, 0.2) is 358 Å². The highest BCUT2D eigenvalue weighted by Crippen LogP contribution is 2.46. The van der Waals surface area contributed by atoms with E-state index in [1.54, 1.807) is 0 Å². The van der Waals surface area contributed by atoms with Gasteiger partial charge in [0.1, 0.15) is 0 Å². The second-order valence-electron chi connectivity index (χ2n) is 28.2. The maximum absolute atomic E-state index is 2.49. The quantitative estimate of drug-likeness (QED) is 0.140. The molecule has 0 saturated heterocycles. The van der Waals surface area contributed by atoms with Gasteiger partial charge in [-0.2, -0.15) is 0 Å². The molecule has 0 spiro atoms. The minimum atomic E-state index is 0.228. The molecule has 0 aliphatic carbocycles. The van der Waals surface area contributed by atoms with Crippen LogP contribution in [0.3, 0.4) is 0 Å². The van der Waals surface area contributed by atoms with Gasteiger partial charge in [0, 0.05) is 50.7 Å². The van der Waals surface area contributed by atoms with Crippen molar-refractivity contribution in [1.82, 2.24) is 0 Å². The molecular weight excluding hydrogens is 1250 g/mol. The van der Waals surface area contributed by atoms with E-state index in [4.69, 9.17) is 0 Å². The smallest absolute Gasteiger partial charge is 0.328 e. The first-order valence-electron chi connectivity index (χ1n) is 36.3. The van der Waals surface area contributed by atoms with Gasteiger partial charge in [-0.3, -0.25) is 0 Å². The van der Waals surface area contributed by atoms with E-state index in [1.807, 2.05) is 0 Å². The summed E-state index contributed by atoms with van der Waals surface area (Å²) in [5.41, 5.74) is 29.3. The van der Waals surface area contributed by atoms with E-state index < -0.39 is 0 Å². The molecule has 480 valence electrons. The molecule has 16 aromatic rings. The number of fused-ring (bicyclic) bond motifs is 36. The number of hydrogen-bond acceptors (Lipinski definition) is 4. The molecule has 0 aromatic heterocycles. The first kappa shape index (κ1) is 59.8. The zero-order chi connectivity index (χ0) is 68.3. The second kappa shape index (κ2) is 24.4. The van der Waals surface area contributed by atoms with E-state index in [-0.39, 0.29) is 27.4 Å². The third-order valence-electron chi connectivity index (χ3n) is 22.6. The summed E-state index contributed by atoms with van der Waals surface area (Å²) in [5.74, 6) is 4.74. The van der Waals surface area contributed by atoms with Crippen LogP contribution in [-0.4, -0.2) is 27.4 Å². The average molecular weight is 1320 g/mol. The van der Waals surface area contributed by atoms with Crippen molar-refractivity contribution >= 4 is 162 Å². The van der Waals surface area contributed by atoms with Gasteiger partial charge in [0.15, 0.2) is 0 Å². The second-order valence-corrected chi connectivity index (χ2v) is 28.2. The lowest BCUT2D eigenvalue weighted by Crippen LogP contribution is -2.59. The van der Waals surface area contributed by atoms with Crippen LogP contribution in [-0.2, 0) is 0 Å². The predicted molar refractivity (Wildman–Crippen MR) is 449 cm³/mol. The number of benzene rings is 16. The van der Waals surface area contributed by atoms with Gasteiger partial charge in [0.25, 0.3) is 0 Å². The maximum Gasteiger partial charge on any atom is 0.328 e. The zero-order valence-corrected chi connectivity index (χ0v) is 57.0. The molecule has 16 aromatic carbocycles. The van der Waals surface area contributed by atoms with Crippen molar-refractivity contribution in [2.24, 2.45) is 0 Å². The van der Waals surface area contributed by atoms with E-state index in [2.05, 4.69) is 408 Å². The number of para-hydroxylation sites is 4. The van der Waals surface area contributed by atoms with Crippen molar-refractivity contribution in [3.8, 4) is 44.5 Å². The molecule has 0 saturated carbocycles. The lowest BCUT2D eigenvalue weighted by atomic mass is 9.44. The van der Waals surface area contributed by atoms with Gasteiger partial charge in [0.05, 0.1) is 0 Å². The van der Waals surface area contributed by atoms with Crippen molar-refractivity contribution in [3.05, 3.63) is 385 Å². The molecule has 0 radical (unpaired) electrons. The molecule has 8 aliphatic rings. The molecule has 0 unspecified atom stereocenters. The van der Waals surface area contributed by atoms with E-state index in [1.165, 1.54) is 176 Å². The first-order valence-corrected chi connectivity index (χ1v) is 36.3. The maximum atomic E-state index is 2.49. The Kier molecular flexibility index (Phi) is 14.0. The van der Waals surface area contributed by atoms with Gasteiger partial charge >= 0.3 is 27.4 Å². The van der Waals surface area contributed by atoms with Crippen LogP contribution in [0.1, 0.15) is 16.7 Å². The predicted octanol–water partition coefficient (Wildman–Crippen LogP) is 17.6. The third kappa shape index (κ3) is 9.66. The lowest BCUT2D eigenvalue weighted by molar-refractivity contribution is 1.35. The fourth-order valence-corrected chi connectivity index (χ4v) is 17.9. The van der Waals surface area contributed by atoms with Gasteiger partial charge in [0.2, 0.25) is 0 Å². The summed E-state index contributed by atoms with van der Waals surface area (Å²) < 4.78 is 0. The Morgan fingerprint density at radius 1 is 0.231 bits per heavy atom. The first-order chi connectivity index (χ1) is 51.6. The van der Waals surface area contributed by atoms with Crippen LogP contribution in [0, 0.1) is 0 Å². The topological polar surface area (TPSA) is 13.0 Å². The Hall–Kier alpha value is -13.0. The molecule has 8 heteroatoms. The molecule has 24 rings (SSSR count). The van der Waals surface area contributed by atoms with Crippen LogP contribution in [0.2, 0.25) is 0 Å². The fraction of sp³-hybridized carbons (Fsp3) is 0. The summed E-state index contributed by atoms with van der Waals surface area (Å²) in [5, 5.41) is 13.0. The standard InChI is InChI=1S/4C24H16BN/c1-3-9-19-17(7-1)13-14-23-24(19)20-10-4-6-12-22(20)25-21-11-5-2-8-18(21)15-16-26(23)25;1-2-9-19-16-22-21(15-18(19)8-1)20-10-4-6-12-24(20)26-23-11-5-3-7-17(23)13-14-25(22)26;1-2-9-19-16-23-21(15-18(19)8-1)20-10-4-6-12-24(20)26-14-13-17-7-3-5-11-22(17)25(23)26;1-2-8-18-14-23-22(13-17(18)7-1)21-11-5-6-12-24(21)26-16-20-10-4-3-9-19(20)15-25(23)26/h4*1-16H. The average Bonchev–Trinajstić information content (AvgIpc) is 0.744. The van der Waals surface area contributed by atoms with Gasteiger partial charge in [-0.25, -0.2) is 0 Å². The number of rotatable bonds is 0. The fourth-order valence-electron chi connectivity index (χ4n) is 17.9. The number of hydrogen-bond donors (Lipinski definition) is 0. The highest BCUT2D eigenvalue weighted by molar-refractivity contribution is 6.93. The lowest BCUT2D eigenvalue weighted by Gasteiger charge is -2.40. The van der Waals surface area contributed by atoms with Gasteiger partial charge in [-0.15, -0.1) is 0 Å². The van der Waals surface area contributed by atoms with Crippen molar-refractivity contribution in [1.29, 1.82) is 0 Å². The van der Waals surface area contributed by atoms with Crippen molar-refractivity contribution in [2.45, 2.75) is 0 Å². The molecule has 8 heterocycles. The van der Waals surface area contributed by atoms with E-state index in [0.29, 0.717) is 0 Å². The highest BCUT2D eigenvalue weighted by Gasteiger charge is 2.41. The Balaban J connectivity index is 0.0000000896. The summed E-state index contributed by atoms with van der Waals surface area (Å²) in [6.07, 6.45) is 13.5. The Bertz CT molecular complexity index is 6430. The van der Waals surface area contributed by atoms with Crippen LogP contribution < -0.4 is 62.5 Å². The molecule has 0 amide bonds. The Morgan fingerprint density at radius 2 is 0.644 bits per heavy atom. The number of nitrogens with zero attached hydrogens (tertiary/aromatic N) is 4. The van der Waals surface area contributed by atoms with Crippen molar-refractivity contribution in [2.75, 3.05) is 19.2 Å². The summed E-state index contributed by atoms with van der Waals surface area (Å²) in [6, 6.07) is 123. The van der Waals surface area contributed by atoms with E-state index in [0.717, 1.165) is 0 Å². The monoisotopic (exact) mass is 1320 g/mol. The summed E-state index contributed by atoms with van der Waals surface area (Å²) in [7, 11) is 0.